The van der Waals surface area contributed by atoms with Gasteiger partial charge in [-0.2, -0.15) is 0 Å². The molecule has 10 heteroatoms. The predicted octanol–water partition coefficient (Wildman–Crippen LogP) is 0.286. The molecule has 0 aromatic heterocycles. The summed E-state index contributed by atoms with van der Waals surface area (Å²) in [6, 6.07) is 13.8. The Morgan fingerprint density at radius 3 is 2.33 bits per heavy atom. The van der Waals surface area contributed by atoms with Crippen LogP contribution in [0.15, 0.2) is 54.6 Å². The van der Waals surface area contributed by atoms with Gasteiger partial charge in [0, 0.05) is 30.8 Å². The first kappa shape index (κ1) is 23.5. The monoisotopic (exact) mass is 451 g/mol. The van der Waals surface area contributed by atoms with Crippen molar-refractivity contribution in [2.24, 2.45) is 5.73 Å². The molecule has 3 amide bonds. The molecule has 3 rings (SSSR count). The number of benzene rings is 2. The van der Waals surface area contributed by atoms with Crippen molar-refractivity contribution in [2.75, 3.05) is 19.6 Å². The molecule has 1 aliphatic rings. The molecule has 0 spiro atoms. The quantitative estimate of drug-likeness (QED) is 0.209. The summed E-state index contributed by atoms with van der Waals surface area (Å²) < 4.78 is 0. The molecule has 0 radical (unpaired) electrons. The molecule has 0 aliphatic carbocycles. The van der Waals surface area contributed by atoms with Crippen LogP contribution >= 0.6 is 0 Å². The summed E-state index contributed by atoms with van der Waals surface area (Å²) in [6.07, 6.45) is 0.127. The minimum atomic E-state index is -1.13. The Hall–Kier alpha value is -4.21. The van der Waals surface area contributed by atoms with Crippen molar-refractivity contribution in [2.45, 2.75) is 18.4 Å². The molecule has 6 N–H and O–H groups in total. The number of nitrogen functional groups attached to an aromatic ring is 1. The summed E-state index contributed by atoms with van der Waals surface area (Å²) in [5.41, 5.74) is 6.76. The van der Waals surface area contributed by atoms with Gasteiger partial charge in [-0.1, -0.05) is 42.5 Å². The number of hydrogen-bond donors (Lipinski definition) is 5. The van der Waals surface area contributed by atoms with Gasteiger partial charge in [-0.15, -0.1) is 0 Å². The van der Waals surface area contributed by atoms with E-state index in [1.807, 2.05) is 0 Å². The van der Waals surface area contributed by atoms with Crippen LogP contribution in [0.3, 0.4) is 0 Å². The Bertz CT molecular complexity index is 1050. The lowest BCUT2D eigenvalue weighted by molar-refractivity contribution is -0.152. The highest BCUT2D eigenvalue weighted by Crippen LogP contribution is 2.27. The fourth-order valence-electron chi connectivity index (χ4n) is 3.84. The fourth-order valence-corrected chi connectivity index (χ4v) is 3.84. The number of carbonyl (C=O) groups is 4. The summed E-state index contributed by atoms with van der Waals surface area (Å²) in [5.74, 6) is -4.28. The van der Waals surface area contributed by atoms with Crippen molar-refractivity contribution < 1.29 is 24.3 Å². The van der Waals surface area contributed by atoms with Gasteiger partial charge in [0.2, 0.25) is 0 Å². The van der Waals surface area contributed by atoms with Crippen LogP contribution in [-0.2, 0) is 14.4 Å². The first-order valence-corrected chi connectivity index (χ1v) is 10.4. The Morgan fingerprint density at radius 2 is 1.73 bits per heavy atom. The van der Waals surface area contributed by atoms with E-state index in [9.17, 15) is 24.3 Å². The maximum Gasteiger partial charge on any atom is 0.313 e. The van der Waals surface area contributed by atoms with Crippen LogP contribution in [0.1, 0.15) is 33.8 Å². The number of rotatable bonds is 9. The molecule has 1 heterocycles. The van der Waals surface area contributed by atoms with Gasteiger partial charge in [0.1, 0.15) is 11.8 Å². The molecule has 2 aromatic rings. The van der Waals surface area contributed by atoms with Crippen molar-refractivity contribution in [3.05, 3.63) is 71.3 Å². The van der Waals surface area contributed by atoms with Crippen LogP contribution in [0.25, 0.3) is 0 Å². The summed E-state index contributed by atoms with van der Waals surface area (Å²) in [5, 5.41) is 22.6. The molecule has 1 saturated heterocycles. The number of carbonyl (C=O) groups excluding carboxylic acids is 3. The molecule has 2 aromatic carbocycles. The van der Waals surface area contributed by atoms with Crippen molar-refractivity contribution in [3.8, 4) is 0 Å². The smallest absolute Gasteiger partial charge is 0.313 e. The summed E-state index contributed by atoms with van der Waals surface area (Å²) in [7, 11) is 0. The lowest BCUT2D eigenvalue weighted by Crippen LogP contribution is -2.58. The van der Waals surface area contributed by atoms with Crippen molar-refractivity contribution in [1.29, 1.82) is 5.41 Å². The second-order valence-electron chi connectivity index (χ2n) is 7.58. The van der Waals surface area contributed by atoms with E-state index in [0.717, 1.165) is 0 Å². The average molecular weight is 451 g/mol. The van der Waals surface area contributed by atoms with E-state index in [-0.39, 0.29) is 31.9 Å². The number of aliphatic carboxylic acids is 1. The normalized spacial score (nSPS) is 15.3. The summed E-state index contributed by atoms with van der Waals surface area (Å²) in [6.45, 7) is 0.476. The van der Waals surface area contributed by atoms with Gasteiger partial charge < -0.3 is 26.4 Å². The highest BCUT2D eigenvalue weighted by Gasteiger charge is 2.39. The molecule has 172 valence electrons. The van der Waals surface area contributed by atoms with Crippen LogP contribution in [-0.4, -0.2) is 65.2 Å². The molecule has 1 aliphatic heterocycles. The lowest BCUT2D eigenvalue weighted by atomic mass is 9.87. The van der Waals surface area contributed by atoms with Gasteiger partial charge in [-0.05, 0) is 24.1 Å². The molecular formula is C23H25N5O5. The number of amides is 3. The van der Waals surface area contributed by atoms with E-state index in [2.05, 4.69) is 10.6 Å². The standard InChI is InChI=1S/C23H25N5O5/c24-19(25)15-6-8-16(9-7-15)20(29)26-11-10-17(28-13-12-27-21(30)22(28)31)18(23(32)33)14-4-2-1-3-5-14/h1-9,17-18H,10-13H2,(H3,24,25)(H,26,29)(H,27,30)(H,32,33). The zero-order valence-corrected chi connectivity index (χ0v) is 17.8. The predicted molar refractivity (Wildman–Crippen MR) is 120 cm³/mol. The van der Waals surface area contributed by atoms with Crippen molar-refractivity contribution >= 4 is 29.5 Å². The van der Waals surface area contributed by atoms with Crippen molar-refractivity contribution in [3.63, 3.8) is 0 Å². The number of carboxylic acids is 1. The largest absolute Gasteiger partial charge is 0.481 e. The third kappa shape index (κ3) is 5.53. The fraction of sp³-hybridized carbons (Fsp3) is 0.261. The molecule has 10 nitrogen and oxygen atoms in total. The number of hydrogen-bond acceptors (Lipinski definition) is 5. The van der Waals surface area contributed by atoms with E-state index in [1.54, 1.807) is 42.5 Å². The molecule has 1 fully saturated rings. The zero-order chi connectivity index (χ0) is 24.0. The number of nitrogens with one attached hydrogen (secondary N) is 3. The molecule has 2 unspecified atom stereocenters. The van der Waals surface area contributed by atoms with Gasteiger partial charge in [0.15, 0.2) is 0 Å². The van der Waals surface area contributed by atoms with E-state index in [0.29, 0.717) is 16.7 Å². The molecular weight excluding hydrogens is 426 g/mol. The maximum atomic E-state index is 12.5. The Morgan fingerprint density at radius 1 is 1.09 bits per heavy atom. The van der Waals surface area contributed by atoms with Crippen LogP contribution in [0, 0.1) is 5.41 Å². The average Bonchev–Trinajstić information content (AvgIpc) is 2.80. The third-order valence-corrected chi connectivity index (χ3v) is 5.49. The second kappa shape index (κ2) is 10.4. The minimum absolute atomic E-state index is 0.0833. The summed E-state index contributed by atoms with van der Waals surface area (Å²) >= 11 is 0. The van der Waals surface area contributed by atoms with Crippen LogP contribution in [0.4, 0.5) is 0 Å². The highest BCUT2D eigenvalue weighted by molar-refractivity contribution is 6.35. The number of piperazine rings is 1. The van der Waals surface area contributed by atoms with Crippen LogP contribution in [0.2, 0.25) is 0 Å². The minimum Gasteiger partial charge on any atom is -0.481 e. The summed E-state index contributed by atoms with van der Waals surface area (Å²) in [4.78, 5) is 50.5. The molecule has 33 heavy (non-hydrogen) atoms. The van der Waals surface area contributed by atoms with Crippen LogP contribution in [0.5, 0.6) is 0 Å². The molecule has 0 bridgehead atoms. The zero-order valence-electron chi connectivity index (χ0n) is 17.8. The highest BCUT2D eigenvalue weighted by atomic mass is 16.4. The topological polar surface area (TPSA) is 166 Å². The first-order chi connectivity index (χ1) is 15.8. The Balaban J connectivity index is 1.78. The van der Waals surface area contributed by atoms with Gasteiger partial charge >= 0.3 is 17.8 Å². The number of nitrogens with zero attached hydrogens (tertiary/aromatic N) is 1. The van der Waals surface area contributed by atoms with Gasteiger partial charge in [0.25, 0.3) is 5.91 Å². The third-order valence-electron chi connectivity index (χ3n) is 5.49. The Kier molecular flexibility index (Phi) is 7.39. The number of carboxylic acid groups (broad SMARTS) is 1. The maximum absolute atomic E-state index is 12.5. The van der Waals surface area contributed by atoms with E-state index >= 15 is 0 Å². The van der Waals surface area contributed by atoms with Crippen molar-refractivity contribution in [1.82, 2.24) is 15.5 Å². The van der Waals surface area contributed by atoms with E-state index in [4.69, 9.17) is 11.1 Å². The van der Waals surface area contributed by atoms with E-state index in [1.165, 1.54) is 17.0 Å². The van der Waals surface area contributed by atoms with Gasteiger partial charge in [0.05, 0.1) is 6.04 Å². The SMILES string of the molecule is N=C(N)c1ccc(C(=O)NCCC(C(C(=O)O)c2ccccc2)N2CCNC(=O)C2=O)cc1. The first-order valence-electron chi connectivity index (χ1n) is 10.4. The van der Waals surface area contributed by atoms with Gasteiger partial charge in [-0.3, -0.25) is 24.6 Å². The van der Waals surface area contributed by atoms with E-state index < -0.39 is 35.7 Å². The number of nitrogens with two attached hydrogens (primary N) is 1. The lowest BCUT2D eigenvalue weighted by Gasteiger charge is -2.37. The van der Waals surface area contributed by atoms with Crippen LogP contribution < -0.4 is 16.4 Å². The molecule has 0 saturated carbocycles. The number of amidine groups is 1. The second-order valence-corrected chi connectivity index (χ2v) is 7.58. The Labute approximate surface area is 190 Å². The molecule has 2 atom stereocenters. The van der Waals surface area contributed by atoms with Gasteiger partial charge in [-0.25, -0.2) is 0 Å².